The van der Waals surface area contributed by atoms with Crippen molar-refractivity contribution in [2.24, 2.45) is 0 Å². The molecule has 2 nitrogen and oxygen atoms in total. The molecule has 1 amide bonds. The molecule has 17 heavy (non-hydrogen) atoms. The summed E-state index contributed by atoms with van der Waals surface area (Å²) in [5, 5.41) is 3.53. The average molecular weight is 270 g/mol. The molecule has 0 saturated carbocycles. The van der Waals surface area contributed by atoms with E-state index in [-0.39, 0.29) is 10.7 Å². The molecule has 0 unspecified atom stereocenters. The number of thioether (sulfide) groups is 1. The van der Waals surface area contributed by atoms with E-state index in [1.54, 1.807) is 11.8 Å². The maximum absolute atomic E-state index is 11.1. The minimum atomic E-state index is -0.144. The Labute approximate surface area is 111 Å². The van der Waals surface area contributed by atoms with Crippen LogP contribution in [-0.2, 0) is 4.79 Å². The minimum absolute atomic E-state index is 0.0769. The first-order chi connectivity index (χ1) is 7.93. The lowest BCUT2D eigenvalue weighted by Crippen LogP contribution is -2.35. The highest BCUT2D eigenvalue weighted by Crippen LogP contribution is 2.32. The molecule has 1 rings (SSSR count). The van der Waals surface area contributed by atoms with Gasteiger partial charge in [-0.1, -0.05) is 18.2 Å². The van der Waals surface area contributed by atoms with Crippen molar-refractivity contribution in [1.29, 1.82) is 0 Å². The number of carbonyl (C=O) groups excluding carboxylic acids is 1. The van der Waals surface area contributed by atoms with E-state index >= 15 is 0 Å². The van der Waals surface area contributed by atoms with Crippen LogP contribution in [0.1, 0.15) is 13.8 Å². The number of hydrogen-bond acceptors (Lipinski definition) is 2. The van der Waals surface area contributed by atoms with Gasteiger partial charge in [-0.25, -0.2) is 0 Å². The van der Waals surface area contributed by atoms with Crippen molar-refractivity contribution in [1.82, 2.24) is 5.32 Å². The van der Waals surface area contributed by atoms with Gasteiger partial charge in [-0.2, -0.15) is 0 Å². The zero-order valence-corrected chi connectivity index (χ0v) is 11.6. The summed E-state index contributed by atoms with van der Waals surface area (Å²) in [6.45, 7) is 8.17. The second kappa shape index (κ2) is 6.12. The van der Waals surface area contributed by atoms with Crippen LogP contribution in [0.5, 0.6) is 0 Å². The van der Waals surface area contributed by atoms with Gasteiger partial charge in [0.1, 0.15) is 0 Å². The van der Waals surface area contributed by atoms with E-state index in [4.69, 9.17) is 11.6 Å². The molecule has 0 aliphatic heterocycles. The van der Waals surface area contributed by atoms with E-state index in [9.17, 15) is 4.79 Å². The van der Waals surface area contributed by atoms with Gasteiger partial charge in [-0.05, 0) is 44.2 Å². The first-order valence-corrected chi connectivity index (χ1v) is 6.47. The van der Waals surface area contributed by atoms with Crippen molar-refractivity contribution in [3.05, 3.63) is 41.9 Å². The molecule has 0 aliphatic carbocycles. The average Bonchev–Trinajstić information content (AvgIpc) is 2.29. The fourth-order valence-corrected chi connectivity index (χ4v) is 2.41. The van der Waals surface area contributed by atoms with Crippen molar-refractivity contribution in [3.8, 4) is 0 Å². The summed E-state index contributed by atoms with van der Waals surface area (Å²) in [6.07, 6.45) is 1.28. The second-order valence-electron chi connectivity index (χ2n) is 4.24. The fraction of sp³-hybridized carbons (Fsp3) is 0.308. The van der Waals surface area contributed by atoms with Crippen molar-refractivity contribution >= 4 is 29.3 Å². The van der Waals surface area contributed by atoms with E-state index in [2.05, 4.69) is 25.7 Å². The zero-order chi connectivity index (χ0) is 12.9. The van der Waals surface area contributed by atoms with Gasteiger partial charge >= 0.3 is 0 Å². The summed E-state index contributed by atoms with van der Waals surface area (Å²) in [6, 6.07) is 7.68. The topological polar surface area (TPSA) is 29.1 Å². The van der Waals surface area contributed by atoms with Crippen molar-refractivity contribution in [2.45, 2.75) is 23.5 Å². The summed E-state index contributed by atoms with van der Waals surface area (Å²) in [4.78, 5) is 12.2. The smallest absolute Gasteiger partial charge is 0.243 e. The van der Waals surface area contributed by atoms with Gasteiger partial charge in [0, 0.05) is 21.2 Å². The fourth-order valence-electron chi connectivity index (χ4n) is 1.23. The Morgan fingerprint density at radius 2 is 2.06 bits per heavy atom. The lowest BCUT2D eigenvalue weighted by atomic mass is 10.2. The number of benzene rings is 1. The molecule has 0 bridgehead atoms. The second-order valence-corrected chi connectivity index (χ2v) is 6.45. The summed E-state index contributed by atoms with van der Waals surface area (Å²) < 4.78 is -0.0769. The number of halogens is 1. The van der Waals surface area contributed by atoms with Crippen LogP contribution in [0.25, 0.3) is 0 Å². The van der Waals surface area contributed by atoms with Crippen molar-refractivity contribution in [2.75, 3.05) is 6.54 Å². The molecule has 0 aliphatic rings. The van der Waals surface area contributed by atoms with E-state index in [0.29, 0.717) is 6.54 Å². The summed E-state index contributed by atoms with van der Waals surface area (Å²) in [5.41, 5.74) is 0. The third kappa shape index (κ3) is 5.29. The molecule has 1 aromatic carbocycles. The Morgan fingerprint density at radius 1 is 1.47 bits per heavy atom. The number of hydrogen-bond donors (Lipinski definition) is 1. The van der Waals surface area contributed by atoms with Gasteiger partial charge < -0.3 is 5.32 Å². The standard InChI is InChI=1S/C13H16ClNOS/c1-4-12(16)15-9-13(2,3)17-11-7-5-10(14)6-8-11/h4-8H,1,9H2,2-3H3,(H,15,16). The zero-order valence-electron chi connectivity index (χ0n) is 10.00. The van der Waals surface area contributed by atoms with Gasteiger partial charge in [0.15, 0.2) is 0 Å². The van der Waals surface area contributed by atoms with Gasteiger partial charge in [-0.3, -0.25) is 4.79 Å². The Hall–Kier alpha value is -0.930. The van der Waals surface area contributed by atoms with Gasteiger partial charge in [-0.15, -0.1) is 11.8 Å². The van der Waals surface area contributed by atoms with Crippen molar-refractivity contribution in [3.63, 3.8) is 0 Å². The van der Waals surface area contributed by atoms with Gasteiger partial charge in [0.2, 0.25) is 5.91 Å². The summed E-state index contributed by atoms with van der Waals surface area (Å²) in [5.74, 6) is -0.144. The minimum Gasteiger partial charge on any atom is -0.351 e. The molecule has 0 spiro atoms. The predicted octanol–water partition coefficient (Wildman–Crippen LogP) is 3.51. The molecule has 1 aromatic rings. The summed E-state index contributed by atoms with van der Waals surface area (Å²) >= 11 is 7.53. The van der Waals surface area contributed by atoms with Crippen LogP contribution in [0.4, 0.5) is 0 Å². The molecule has 0 saturated heterocycles. The van der Waals surface area contributed by atoms with Gasteiger partial charge in [0.25, 0.3) is 0 Å². The summed E-state index contributed by atoms with van der Waals surface area (Å²) in [7, 11) is 0. The number of rotatable bonds is 5. The molecule has 0 atom stereocenters. The highest BCUT2D eigenvalue weighted by Gasteiger charge is 2.19. The third-order valence-electron chi connectivity index (χ3n) is 2.08. The third-order valence-corrected chi connectivity index (χ3v) is 3.54. The molecule has 1 N–H and O–H groups in total. The molecule has 4 heteroatoms. The SMILES string of the molecule is C=CC(=O)NCC(C)(C)Sc1ccc(Cl)cc1. The lowest BCUT2D eigenvalue weighted by molar-refractivity contribution is -0.116. The largest absolute Gasteiger partial charge is 0.351 e. The van der Waals surface area contributed by atoms with E-state index < -0.39 is 0 Å². The number of amides is 1. The Morgan fingerprint density at radius 3 is 2.59 bits per heavy atom. The maximum atomic E-state index is 11.1. The highest BCUT2D eigenvalue weighted by atomic mass is 35.5. The molecule has 0 fully saturated rings. The molecule has 0 radical (unpaired) electrons. The predicted molar refractivity (Wildman–Crippen MR) is 74.6 cm³/mol. The van der Waals surface area contributed by atoms with E-state index in [1.807, 2.05) is 24.3 Å². The first kappa shape index (κ1) is 14.1. The highest BCUT2D eigenvalue weighted by molar-refractivity contribution is 8.00. The first-order valence-electron chi connectivity index (χ1n) is 5.28. The number of carbonyl (C=O) groups is 1. The van der Waals surface area contributed by atoms with Crippen LogP contribution in [0, 0.1) is 0 Å². The Balaban J connectivity index is 2.56. The Kier molecular flexibility index (Phi) is 5.09. The molecular weight excluding hydrogens is 254 g/mol. The van der Waals surface area contributed by atoms with Crippen molar-refractivity contribution < 1.29 is 4.79 Å². The molecule has 92 valence electrons. The quantitative estimate of drug-likeness (QED) is 0.655. The molecule has 0 aromatic heterocycles. The lowest BCUT2D eigenvalue weighted by Gasteiger charge is -2.24. The van der Waals surface area contributed by atoms with Crippen LogP contribution in [-0.4, -0.2) is 17.2 Å². The van der Waals surface area contributed by atoms with Crippen LogP contribution in [0.2, 0.25) is 5.02 Å². The molecular formula is C13H16ClNOS. The van der Waals surface area contributed by atoms with Gasteiger partial charge in [0.05, 0.1) is 0 Å². The maximum Gasteiger partial charge on any atom is 0.243 e. The van der Waals surface area contributed by atoms with Crippen LogP contribution >= 0.6 is 23.4 Å². The van der Waals surface area contributed by atoms with Crippen LogP contribution in [0.15, 0.2) is 41.8 Å². The number of nitrogens with one attached hydrogen (secondary N) is 1. The van der Waals surface area contributed by atoms with E-state index in [0.717, 1.165) is 9.92 Å². The normalized spacial score (nSPS) is 11.0. The Bertz CT molecular complexity index is 400. The van der Waals surface area contributed by atoms with Crippen LogP contribution in [0.3, 0.4) is 0 Å². The monoisotopic (exact) mass is 269 g/mol. The van der Waals surface area contributed by atoms with E-state index in [1.165, 1.54) is 6.08 Å². The van der Waals surface area contributed by atoms with Crippen LogP contribution < -0.4 is 5.32 Å². The molecule has 0 heterocycles.